The van der Waals surface area contributed by atoms with Crippen LogP contribution in [0.15, 0.2) is 79.4 Å². The van der Waals surface area contributed by atoms with Crippen molar-refractivity contribution < 1.29 is 17.9 Å². The zero-order valence-corrected chi connectivity index (χ0v) is 23.4. The van der Waals surface area contributed by atoms with Crippen LogP contribution in [0.4, 0.5) is 13.2 Å². The van der Waals surface area contributed by atoms with Gasteiger partial charge < -0.3 is 4.74 Å². The molecule has 0 atom stereocenters. The largest absolute Gasteiger partial charge is 0.486 e. The maximum atomic E-state index is 15.3. The van der Waals surface area contributed by atoms with Gasteiger partial charge in [-0.3, -0.25) is 0 Å². The van der Waals surface area contributed by atoms with Crippen LogP contribution in [0, 0.1) is 35.2 Å². The van der Waals surface area contributed by atoms with Gasteiger partial charge >= 0.3 is 0 Å². The summed E-state index contributed by atoms with van der Waals surface area (Å²) in [6.45, 7) is 5.73. The molecule has 0 saturated heterocycles. The van der Waals surface area contributed by atoms with Crippen molar-refractivity contribution in [2.75, 3.05) is 6.61 Å². The molecule has 0 aliphatic heterocycles. The molecule has 2 aliphatic carbocycles. The van der Waals surface area contributed by atoms with Crippen LogP contribution >= 0.6 is 0 Å². The first-order chi connectivity index (χ1) is 19.5. The molecule has 0 amide bonds. The molecule has 0 aromatic heterocycles. The van der Waals surface area contributed by atoms with Crippen molar-refractivity contribution in [3.63, 3.8) is 0 Å². The molecule has 2 aliphatic rings. The van der Waals surface area contributed by atoms with Gasteiger partial charge in [0.05, 0.1) is 0 Å². The average Bonchev–Trinajstić information content (AvgIpc) is 2.99. The summed E-state index contributed by atoms with van der Waals surface area (Å²) in [6.07, 6.45) is 15.9. The average molecular weight is 545 g/mol. The van der Waals surface area contributed by atoms with E-state index in [4.69, 9.17) is 4.74 Å². The molecule has 1 nitrogen and oxygen atoms in total. The van der Waals surface area contributed by atoms with E-state index < -0.39 is 11.6 Å². The highest BCUT2D eigenvalue weighted by molar-refractivity contribution is 5.71. The molecule has 0 spiro atoms. The van der Waals surface area contributed by atoms with E-state index in [1.165, 1.54) is 56.7 Å². The third-order valence-corrected chi connectivity index (χ3v) is 9.09. The molecule has 2 saturated carbocycles. The van der Waals surface area contributed by atoms with Crippen LogP contribution in [0.25, 0.3) is 22.3 Å². The van der Waals surface area contributed by atoms with E-state index in [1.807, 2.05) is 24.3 Å². The third-order valence-electron chi connectivity index (χ3n) is 9.09. The minimum absolute atomic E-state index is 0.0964. The standard InChI is InChI=1S/C36H39F3O/c1-3-5-24-6-8-25(9-7-24)26-10-14-28(15-11-26)31-19-18-30(23-33(31)37)27-12-16-29(17-13-27)32-20-21-34(40-22-4-2)36(39)35(32)38/h3-5,12-13,16-21,23-26,28H,2,6-11,14-15,22H2,1H3. The second kappa shape index (κ2) is 12.9. The Bertz CT molecular complexity index is 1330. The molecule has 3 aromatic rings. The molecule has 40 heavy (non-hydrogen) atoms. The topological polar surface area (TPSA) is 9.23 Å². The summed E-state index contributed by atoms with van der Waals surface area (Å²) in [7, 11) is 0. The molecule has 2 fully saturated rings. The molecule has 0 radical (unpaired) electrons. The van der Waals surface area contributed by atoms with Crippen molar-refractivity contribution in [2.45, 2.75) is 64.2 Å². The highest BCUT2D eigenvalue weighted by Gasteiger charge is 2.31. The molecule has 0 unspecified atom stereocenters. The lowest BCUT2D eigenvalue weighted by Crippen LogP contribution is -2.25. The van der Waals surface area contributed by atoms with Crippen molar-refractivity contribution in [3.05, 3.63) is 102 Å². The van der Waals surface area contributed by atoms with Gasteiger partial charge in [0.1, 0.15) is 12.4 Å². The van der Waals surface area contributed by atoms with Gasteiger partial charge in [-0.15, -0.1) is 0 Å². The van der Waals surface area contributed by atoms with Crippen LogP contribution in [-0.4, -0.2) is 6.61 Å². The zero-order chi connectivity index (χ0) is 28.1. The van der Waals surface area contributed by atoms with E-state index >= 15 is 4.39 Å². The Labute approximate surface area is 236 Å². The fourth-order valence-corrected chi connectivity index (χ4v) is 6.88. The van der Waals surface area contributed by atoms with Crippen molar-refractivity contribution in [1.82, 2.24) is 0 Å². The van der Waals surface area contributed by atoms with Gasteiger partial charge in [0.25, 0.3) is 0 Å². The van der Waals surface area contributed by atoms with Crippen LogP contribution in [0.1, 0.15) is 69.8 Å². The number of halogens is 3. The Morgan fingerprint density at radius 1 is 0.750 bits per heavy atom. The van der Waals surface area contributed by atoms with Gasteiger partial charge in [0.2, 0.25) is 5.82 Å². The maximum absolute atomic E-state index is 15.3. The van der Waals surface area contributed by atoms with Crippen molar-refractivity contribution in [2.24, 2.45) is 17.8 Å². The van der Waals surface area contributed by atoms with Crippen molar-refractivity contribution in [3.8, 4) is 28.0 Å². The molecular formula is C36H39F3O. The lowest BCUT2D eigenvalue weighted by molar-refractivity contribution is 0.171. The Morgan fingerprint density at radius 3 is 2.00 bits per heavy atom. The van der Waals surface area contributed by atoms with Gasteiger partial charge in [-0.2, -0.15) is 4.39 Å². The predicted molar refractivity (Wildman–Crippen MR) is 158 cm³/mol. The summed E-state index contributed by atoms with van der Waals surface area (Å²) < 4.78 is 49.7. The molecular weight excluding hydrogens is 505 g/mol. The van der Waals surface area contributed by atoms with E-state index in [0.717, 1.165) is 47.3 Å². The fraction of sp³-hybridized carbons (Fsp3) is 0.389. The molecule has 5 rings (SSSR count). The fourth-order valence-electron chi connectivity index (χ4n) is 6.88. The molecule has 0 N–H and O–H groups in total. The van der Waals surface area contributed by atoms with E-state index in [9.17, 15) is 8.78 Å². The first-order valence-corrected chi connectivity index (χ1v) is 14.7. The highest BCUT2D eigenvalue weighted by atomic mass is 19.2. The number of rotatable bonds is 8. The maximum Gasteiger partial charge on any atom is 0.201 e. The second-order valence-corrected chi connectivity index (χ2v) is 11.5. The van der Waals surface area contributed by atoms with Gasteiger partial charge in [-0.25, -0.2) is 8.78 Å². The molecule has 4 heteroatoms. The minimum atomic E-state index is -1.02. The minimum Gasteiger partial charge on any atom is -0.486 e. The lowest BCUT2D eigenvalue weighted by Gasteiger charge is -2.37. The Kier molecular flexibility index (Phi) is 9.14. The van der Waals surface area contributed by atoms with Gasteiger partial charge in [-0.1, -0.05) is 61.2 Å². The first-order valence-electron chi connectivity index (χ1n) is 14.7. The number of hydrogen-bond donors (Lipinski definition) is 0. The van der Waals surface area contributed by atoms with Crippen molar-refractivity contribution >= 4 is 0 Å². The molecule has 3 aromatic carbocycles. The summed E-state index contributed by atoms with van der Waals surface area (Å²) >= 11 is 0. The summed E-state index contributed by atoms with van der Waals surface area (Å²) in [6, 6.07) is 15.6. The van der Waals surface area contributed by atoms with Crippen LogP contribution in [0.3, 0.4) is 0 Å². The number of benzene rings is 3. The van der Waals surface area contributed by atoms with Crippen LogP contribution in [0.2, 0.25) is 0 Å². The van der Waals surface area contributed by atoms with E-state index in [-0.39, 0.29) is 29.7 Å². The lowest BCUT2D eigenvalue weighted by atomic mass is 9.68. The van der Waals surface area contributed by atoms with E-state index in [2.05, 4.69) is 25.7 Å². The van der Waals surface area contributed by atoms with Crippen LogP contribution in [-0.2, 0) is 0 Å². The third kappa shape index (κ3) is 6.22. The second-order valence-electron chi connectivity index (χ2n) is 11.5. The monoisotopic (exact) mass is 544 g/mol. The Hall–Kier alpha value is -3.27. The van der Waals surface area contributed by atoms with Gasteiger partial charge in [0, 0.05) is 5.56 Å². The summed E-state index contributed by atoms with van der Waals surface area (Å²) in [4.78, 5) is 0. The molecule has 0 bridgehead atoms. The first kappa shape index (κ1) is 28.3. The highest BCUT2D eigenvalue weighted by Crippen LogP contribution is 2.45. The number of allylic oxidation sites excluding steroid dienone is 2. The molecule has 0 heterocycles. The quantitative estimate of drug-likeness (QED) is 0.256. The van der Waals surface area contributed by atoms with Crippen LogP contribution in [0.5, 0.6) is 5.75 Å². The number of ether oxygens (including phenoxy) is 1. The smallest absolute Gasteiger partial charge is 0.201 e. The SMILES string of the molecule is C=CCOc1ccc(-c2ccc(-c3ccc(C4CCC(C5CCC(C=CC)CC5)CC4)c(F)c3)cc2)c(F)c1F. The zero-order valence-electron chi connectivity index (χ0n) is 23.4. The van der Waals surface area contributed by atoms with E-state index in [0.29, 0.717) is 5.56 Å². The van der Waals surface area contributed by atoms with Gasteiger partial charge in [-0.05, 0) is 122 Å². The summed E-state index contributed by atoms with van der Waals surface area (Å²) in [5.41, 5.74) is 3.13. The van der Waals surface area contributed by atoms with E-state index in [1.54, 1.807) is 18.2 Å². The summed E-state index contributed by atoms with van der Waals surface area (Å²) in [5.74, 6) is 0.397. The number of hydrogen-bond acceptors (Lipinski definition) is 1. The van der Waals surface area contributed by atoms with Crippen molar-refractivity contribution in [1.29, 1.82) is 0 Å². The van der Waals surface area contributed by atoms with Gasteiger partial charge in [0.15, 0.2) is 11.6 Å². The normalized spacial score (nSPS) is 23.3. The summed E-state index contributed by atoms with van der Waals surface area (Å²) in [5, 5.41) is 0. The molecule has 210 valence electrons. The van der Waals surface area contributed by atoms with Crippen LogP contribution < -0.4 is 4.74 Å². The Morgan fingerprint density at radius 2 is 1.38 bits per heavy atom. The Balaban J connectivity index is 1.22. The predicted octanol–water partition coefficient (Wildman–Crippen LogP) is 10.7.